The molecule has 0 radical (unpaired) electrons. The standard InChI is InChI=1S/C14H27NO4S/c1-11(2)12-7-4-5-8-13(12)15-20(17,18)10-6-9-14(16)19-3/h11-13,15H,4-10H2,1-3H3. The van der Waals surface area contributed by atoms with Gasteiger partial charge in [0.2, 0.25) is 10.0 Å². The average Bonchev–Trinajstić information content (AvgIpc) is 2.38. The monoisotopic (exact) mass is 305 g/mol. The molecule has 6 heteroatoms. The van der Waals surface area contributed by atoms with Gasteiger partial charge in [-0.05, 0) is 31.1 Å². The third-order valence-corrected chi connectivity index (χ3v) is 5.52. The van der Waals surface area contributed by atoms with Crippen LogP contribution in [0.25, 0.3) is 0 Å². The maximum absolute atomic E-state index is 12.1. The summed E-state index contributed by atoms with van der Waals surface area (Å²) in [6.07, 6.45) is 4.73. The van der Waals surface area contributed by atoms with Crippen molar-refractivity contribution < 1.29 is 17.9 Å². The van der Waals surface area contributed by atoms with E-state index in [0.717, 1.165) is 19.3 Å². The Labute approximate surface area is 122 Å². The van der Waals surface area contributed by atoms with Gasteiger partial charge in [-0.15, -0.1) is 0 Å². The minimum atomic E-state index is -3.31. The largest absolute Gasteiger partial charge is 0.469 e. The zero-order valence-corrected chi connectivity index (χ0v) is 13.5. The van der Waals surface area contributed by atoms with Crippen molar-refractivity contribution in [2.24, 2.45) is 11.8 Å². The van der Waals surface area contributed by atoms with Crippen LogP contribution in [0, 0.1) is 11.8 Å². The molecule has 0 heterocycles. The molecule has 1 N–H and O–H groups in total. The van der Waals surface area contributed by atoms with Gasteiger partial charge in [0.25, 0.3) is 0 Å². The van der Waals surface area contributed by atoms with Gasteiger partial charge in [0.05, 0.1) is 12.9 Å². The number of methoxy groups -OCH3 is 1. The number of esters is 1. The van der Waals surface area contributed by atoms with Crippen molar-refractivity contribution in [3.8, 4) is 0 Å². The number of nitrogens with one attached hydrogen (secondary N) is 1. The fraction of sp³-hybridized carbons (Fsp3) is 0.929. The number of rotatable bonds is 7. The molecule has 1 aliphatic rings. The molecule has 5 nitrogen and oxygen atoms in total. The highest BCUT2D eigenvalue weighted by atomic mass is 32.2. The van der Waals surface area contributed by atoms with Crippen LogP contribution in [-0.4, -0.2) is 33.3 Å². The van der Waals surface area contributed by atoms with Gasteiger partial charge in [-0.2, -0.15) is 0 Å². The quantitative estimate of drug-likeness (QED) is 0.731. The number of carbonyl (C=O) groups excluding carboxylic acids is 1. The molecule has 2 atom stereocenters. The maximum Gasteiger partial charge on any atom is 0.305 e. The normalized spacial score (nSPS) is 23.8. The topological polar surface area (TPSA) is 72.5 Å². The van der Waals surface area contributed by atoms with Gasteiger partial charge in [-0.3, -0.25) is 4.79 Å². The van der Waals surface area contributed by atoms with E-state index in [1.807, 2.05) is 0 Å². The van der Waals surface area contributed by atoms with E-state index >= 15 is 0 Å². The third kappa shape index (κ3) is 5.79. The van der Waals surface area contributed by atoms with E-state index in [-0.39, 0.29) is 24.2 Å². The Bertz CT molecular complexity index is 405. The minimum Gasteiger partial charge on any atom is -0.469 e. The van der Waals surface area contributed by atoms with Gasteiger partial charge in [-0.1, -0.05) is 26.7 Å². The van der Waals surface area contributed by atoms with Crippen LogP contribution in [0.4, 0.5) is 0 Å². The molecule has 1 fully saturated rings. The predicted octanol–water partition coefficient (Wildman–Crippen LogP) is 2.07. The first-order chi connectivity index (χ1) is 9.35. The molecule has 0 saturated heterocycles. The smallest absolute Gasteiger partial charge is 0.305 e. The second-order valence-electron chi connectivity index (χ2n) is 5.92. The number of ether oxygens (including phenoxy) is 1. The van der Waals surface area contributed by atoms with E-state index in [9.17, 15) is 13.2 Å². The van der Waals surface area contributed by atoms with Crippen molar-refractivity contribution in [3.05, 3.63) is 0 Å². The lowest BCUT2D eigenvalue weighted by Gasteiger charge is -2.34. The Morgan fingerprint density at radius 1 is 1.30 bits per heavy atom. The molecule has 0 amide bonds. The lowest BCUT2D eigenvalue weighted by molar-refractivity contribution is -0.140. The van der Waals surface area contributed by atoms with E-state index < -0.39 is 10.0 Å². The molecule has 0 aliphatic heterocycles. The maximum atomic E-state index is 12.1. The molecule has 0 aromatic heterocycles. The second-order valence-corrected chi connectivity index (χ2v) is 7.79. The summed E-state index contributed by atoms with van der Waals surface area (Å²) in [7, 11) is -2.00. The van der Waals surface area contributed by atoms with Gasteiger partial charge in [-0.25, -0.2) is 13.1 Å². The molecular weight excluding hydrogens is 278 g/mol. The van der Waals surface area contributed by atoms with E-state index in [2.05, 4.69) is 23.3 Å². The van der Waals surface area contributed by atoms with Crippen molar-refractivity contribution in [2.75, 3.05) is 12.9 Å². The van der Waals surface area contributed by atoms with Gasteiger partial charge < -0.3 is 4.74 Å². The van der Waals surface area contributed by atoms with E-state index in [4.69, 9.17) is 0 Å². The van der Waals surface area contributed by atoms with Crippen LogP contribution in [0.1, 0.15) is 52.4 Å². The van der Waals surface area contributed by atoms with Crippen molar-refractivity contribution in [3.63, 3.8) is 0 Å². The van der Waals surface area contributed by atoms with Crippen LogP contribution >= 0.6 is 0 Å². The Hall–Kier alpha value is -0.620. The Morgan fingerprint density at radius 3 is 2.55 bits per heavy atom. The Morgan fingerprint density at radius 2 is 1.95 bits per heavy atom. The molecule has 0 aromatic carbocycles. The van der Waals surface area contributed by atoms with Crippen LogP contribution in [0.15, 0.2) is 0 Å². The lowest BCUT2D eigenvalue weighted by atomic mass is 9.78. The summed E-state index contributed by atoms with van der Waals surface area (Å²) in [5.74, 6) is 0.527. The van der Waals surface area contributed by atoms with E-state index in [1.165, 1.54) is 13.5 Å². The number of carbonyl (C=O) groups is 1. The van der Waals surface area contributed by atoms with E-state index in [1.54, 1.807) is 0 Å². The van der Waals surface area contributed by atoms with Crippen molar-refractivity contribution in [1.82, 2.24) is 4.72 Å². The van der Waals surface area contributed by atoms with Crippen molar-refractivity contribution in [1.29, 1.82) is 0 Å². The average molecular weight is 305 g/mol. The van der Waals surface area contributed by atoms with Crippen LogP contribution in [-0.2, 0) is 19.6 Å². The highest BCUT2D eigenvalue weighted by molar-refractivity contribution is 7.89. The summed E-state index contributed by atoms with van der Waals surface area (Å²) in [5.41, 5.74) is 0. The van der Waals surface area contributed by atoms with Gasteiger partial charge in [0.15, 0.2) is 0 Å². The van der Waals surface area contributed by atoms with Gasteiger partial charge >= 0.3 is 5.97 Å². The van der Waals surface area contributed by atoms with Gasteiger partial charge in [0.1, 0.15) is 0 Å². The molecule has 0 bridgehead atoms. The first kappa shape index (κ1) is 17.4. The lowest BCUT2D eigenvalue weighted by Crippen LogP contribution is -2.44. The summed E-state index contributed by atoms with van der Waals surface area (Å²) in [6, 6.07) is 0.0480. The summed E-state index contributed by atoms with van der Waals surface area (Å²) in [4.78, 5) is 11.0. The second kappa shape index (κ2) is 7.98. The highest BCUT2D eigenvalue weighted by Crippen LogP contribution is 2.30. The Kier molecular flexibility index (Phi) is 6.95. The molecular formula is C14H27NO4S. The molecule has 1 rings (SSSR count). The van der Waals surface area contributed by atoms with Crippen LogP contribution < -0.4 is 4.72 Å². The molecule has 0 spiro atoms. The molecule has 20 heavy (non-hydrogen) atoms. The SMILES string of the molecule is COC(=O)CCCS(=O)(=O)NC1CCCCC1C(C)C. The first-order valence-corrected chi connectivity index (χ1v) is 9.07. The van der Waals surface area contributed by atoms with Crippen LogP contribution in [0.3, 0.4) is 0 Å². The molecule has 1 saturated carbocycles. The number of hydrogen-bond donors (Lipinski definition) is 1. The van der Waals surface area contributed by atoms with Crippen molar-refractivity contribution >= 4 is 16.0 Å². The van der Waals surface area contributed by atoms with Crippen LogP contribution in [0.2, 0.25) is 0 Å². The summed E-state index contributed by atoms with van der Waals surface area (Å²) in [6.45, 7) is 4.29. The van der Waals surface area contributed by atoms with Crippen molar-refractivity contribution in [2.45, 2.75) is 58.4 Å². The minimum absolute atomic E-state index is 0.0105. The fourth-order valence-corrected chi connectivity index (χ4v) is 4.30. The summed E-state index contributed by atoms with van der Waals surface area (Å²) in [5, 5.41) is 0. The molecule has 2 unspecified atom stereocenters. The highest BCUT2D eigenvalue weighted by Gasteiger charge is 2.30. The molecule has 1 aliphatic carbocycles. The predicted molar refractivity (Wildman–Crippen MR) is 78.8 cm³/mol. The fourth-order valence-electron chi connectivity index (χ4n) is 2.90. The number of sulfonamides is 1. The third-order valence-electron chi connectivity index (χ3n) is 4.03. The summed E-state index contributed by atoms with van der Waals surface area (Å²) >= 11 is 0. The zero-order chi connectivity index (χ0) is 15.2. The zero-order valence-electron chi connectivity index (χ0n) is 12.7. The molecule has 118 valence electrons. The summed E-state index contributed by atoms with van der Waals surface area (Å²) < 4.78 is 31.5. The Balaban J connectivity index is 2.49. The first-order valence-electron chi connectivity index (χ1n) is 7.42. The van der Waals surface area contributed by atoms with E-state index in [0.29, 0.717) is 18.3 Å². The molecule has 0 aromatic rings. The number of hydrogen-bond acceptors (Lipinski definition) is 4. The van der Waals surface area contributed by atoms with Crippen LogP contribution in [0.5, 0.6) is 0 Å². The van der Waals surface area contributed by atoms with Gasteiger partial charge in [0, 0.05) is 12.5 Å².